The number of amides is 2. The first-order valence-electron chi connectivity index (χ1n) is 6.22. The predicted octanol–water partition coefficient (Wildman–Crippen LogP) is 0.816. The van der Waals surface area contributed by atoms with E-state index in [1.54, 1.807) is 0 Å². The quantitative estimate of drug-likeness (QED) is 0.726. The molecule has 0 aromatic heterocycles. The minimum absolute atomic E-state index is 0.0466. The predicted molar refractivity (Wildman–Crippen MR) is 60.7 cm³/mol. The van der Waals surface area contributed by atoms with Gasteiger partial charge in [0, 0.05) is 12.1 Å². The van der Waals surface area contributed by atoms with E-state index in [1.165, 1.54) is 0 Å². The number of carbonyl (C=O) groups is 2. The molecule has 2 aliphatic carbocycles. The fourth-order valence-electron chi connectivity index (χ4n) is 1.76. The third-order valence-corrected chi connectivity index (χ3v) is 3.39. The van der Waals surface area contributed by atoms with Crippen molar-refractivity contribution in [3.63, 3.8) is 0 Å². The summed E-state index contributed by atoms with van der Waals surface area (Å²) in [5, 5.41) is 5.88. The Hall–Kier alpha value is -1.06. The number of hydrogen-bond donors (Lipinski definition) is 2. The van der Waals surface area contributed by atoms with Crippen molar-refractivity contribution in [3.05, 3.63) is 0 Å². The fourth-order valence-corrected chi connectivity index (χ4v) is 1.76. The lowest BCUT2D eigenvalue weighted by Gasteiger charge is -2.10. The van der Waals surface area contributed by atoms with Crippen molar-refractivity contribution in [1.82, 2.24) is 10.6 Å². The van der Waals surface area contributed by atoms with Crippen molar-refractivity contribution < 1.29 is 9.59 Å². The second-order valence-electron chi connectivity index (χ2n) is 5.05. The summed E-state index contributed by atoms with van der Waals surface area (Å²) in [7, 11) is 0. The van der Waals surface area contributed by atoms with E-state index in [2.05, 4.69) is 10.6 Å². The maximum Gasteiger partial charge on any atom is 0.224 e. The third-order valence-electron chi connectivity index (χ3n) is 3.39. The Morgan fingerprint density at radius 3 is 2.44 bits per heavy atom. The molecule has 0 aromatic carbocycles. The lowest BCUT2D eigenvalue weighted by molar-refractivity contribution is -0.127. The van der Waals surface area contributed by atoms with Gasteiger partial charge in [0.05, 0.1) is 11.8 Å². The largest absolute Gasteiger partial charge is 0.353 e. The van der Waals surface area contributed by atoms with Crippen molar-refractivity contribution in [2.24, 2.45) is 11.8 Å². The van der Waals surface area contributed by atoms with E-state index in [-0.39, 0.29) is 29.7 Å². The minimum Gasteiger partial charge on any atom is -0.353 e. The van der Waals surface area contributed by atoms with Crippen LogP contribution in [0.3, 0.4) is 0 Å². The Kier molecular flexibility index (Phi) is 3.17. The van der Waals surface area contributed by atoms with Gasteiger partial charge in [-0.1, -0.05) is 6.92 Å². The van der Waals surface area contributed by atoms with E-state index in [9.17, 15) is 9.59 Å². The molecule has 0 spiro atoms. The number of carbonyl (C=O) groups excluding carboxylic acids is 2. The van der Waals surface area contributed by atoms with Crippen LogP contribution in [0.1, 0.15) is 39.5 Å². The van der Waals surface area contributed by atoms with Crippen LogP contribution in [0.2, 0.25) is 0 Å². The highest BCUT2D eigenvalue weighted by Gasteiger charge is 2.48. The van der Waals surface area contributed by atoms with Crippen LogP contribution < -0.4 is 10.6 Å². The molecule has 3 atom stereocenters. The smallest absolute Gasteiger partial charge is 0.224 e. The molecule has 2 amide bonds. The summed E-state index contributed by atoms with van der Waals surface area (Å²) in [6.45, 7) is 4.02. The highest BCUT2D eigenvalue weighted by atomic mass is 16.2. The van der Waals surface area contributed by atoms with Gasteiger partial charge in [-0.15, -0.1) is 0 Å². The summed E-state index contributed by atoms with van der Waals surface area (Å²) in [6, 6.07) is 0.603. The molecule has 0 radical (unpaired) electrons. The standard InChI is InChI=1S/C12H20N2O2/c1-3-7(2)13-11(15)9-6-10(9)12(16)14-8-4-5-8/h7-10H,3-6H2,1-2H3,(H,13,15)(H,14,16). The van der Waals surface area contributed by atoms with Gasteiger partial charge in [0.1, 0.15) is 0 Å². The molecule has 2 saturated carbocycles. The van der Waals surface area contributed by atoms with Crippen LogP contribution in [0, 0.1) is 11.8 Å². The first-order chi connectivity index (χ1) is 7.61. The van der Waals surface area contributed by atoms with Gasteiger partial charge in [-0.25, -0.2) is 0 Å². The van der Waals surface area contributed by atoms with Gasteiger partial charge in [0.2, 0.25) is 11.8 Å². The van der Waals surface area contributed by atoms with Crippen molar-refractivity contribution in [2.45, 2.75) is 51.6 Å². The molecule has 0 saturated heterocycles. The van der Waals surface area contributed by atoms with Crippen molar-refractivity contribution in [2.75, 3.05) is 0 Å². The van der Waals surface area contributed by atoms with E-state index in [0.29, 0.717) is 6.04 Å². The van der Waals surface area contributed by atoms with E-state index in [1.807, 2.05) is 13.8 Å². The van der Waals surface area contributed by atoms with Gasteiger partial charge < -0.3 is 10.6 Å². The van der Waals surface area contributed by atoms with Crippen LogP contribution in [0.25, 0.3) is 0 Å². The van der Waals surface area contributed by atoms with Gasteiger partial charge in [-0.05, 0) is 32.6 Å². The molecule has 0 bridgehead atoms. The van der Waals surface area contributed by atoms with Gasteiger partial charge in [0.25, 0.3) is 0 Å². The second kappa shape index (κ2) is 4.44. The summed E-state index contributed by atoms with van der Waals surface area (Å²) in [6.07, 6.45) is 3.85. The van der Waals surface area contributed by atoms with Gasteiger partial charge in [-0.2, -0.15) is 0 Å². The molecule has 4 heteroatoms. The molecule has 2 rings (SSSR count). The van der Waals surface area contributed by atoms with Crippen LogP contribution >= 0.6 is 0 Å². The molecule has 4 nitrogen and oxygen atoms in total. The topological polar surface area (TPSA) is 58.2 Å². The molecule has 0 heterocycles. The average Bonchev–Trinajstić information content (AvgIpc) is 3.10. The maximum absolute atomic E-state index is 11.7. The number of nitrogens with one attached hydrogen (secondary N) is 2. The highest BCUT2D eigenvalue weighted by molar-refractivity contribution is 5.92. The Morgan fingerprint density at radius 1 is 1.25 bits per heavy atom. The Morgan fingerprint density at radius 2 is 1.88 bits per heavy atom. The first kappa shape index (κ1) is 11.4. The Bertz CT molecular complexity index is 299. The molecule has 2 fully saturated rings. The molecular formula is C12H20N2O2. The monoisotopic (exact) mass is 224 g/mol. The molecule has 16 heavy (non-hydrogen) atoms. The maximum atomic E-state index is 11.7. The zero-order chi connectivity index (χ0) is 11.7. The van der Waals surface area contributed by atoms with Gasteiger partial charge >= 0.3 is 0 Å². The van der Waals surface area contributed by atoms with Crippen LogP contribution in [0.5, 0.6) is 0 Å². The lowest BCUT2D eigenvalue weighted by Crippen LogP contribution is -2.35. The SMILES string of the molecule is CCC(C)NC(=O)C1CC1C(=O)NC1CC1. The molecule has 0 aromatic rings. The zero-order valence-electron chi connectivity index (χ0n) is 9.95. The van der Waals surface area contributed by atoms with Crippen molar-refractivity contribution in [3.8, 4) is 0 Å². The van der Waals surface area contributed by atoms with E-state index >= 15 is 0 Å². The van der Waals surface area contributed by atoms with Crippen molar-refractivity contribution in [1.29, 1.82) is 0 Å². The highest BCUT2D eigenvalue weighted by Crippen LogP contribution is 2.39. The first-order valence-corrected chi connectivity index (χ1v) is 6.22. The van der Waals surface area contributed by atoms with Crippen LogP contribution in [-0.2, 0) is 9.59 Å². The van der Waals surface area contributed by atoms with E-state index in [0.717, 1.165) is 25.7 Å². The third kappa shape index (κ3) is 2.74. The zero-order valence-corrected chi connectivity index (χ0v) is 9.95. The lowest BCUT2D eigenvalue weighted by atomic mass is 10.2. The molecular weight excluding hydrogens is 204 g/mol. The summed E-state index contributed by atoms with van der Waals surface area (Å²) in [4.78, 5) is 23.3. The number of hydrogen-bond acceptors (Lipinski definition) is 2. The molecule has 0 aliphatic heterocycles. The molecule has 3 unspecified atom stereocenters. The molecule has 2 N–H and O–H groups in total. The summed E-state index contributed by atoms with van der Waals surface area (Å²) in [5.74, 6) is -0.0190. The van der Waals surface area contributed by atoms with Gasteiger partial charge in [0.15, 0.2) is 0 Å². The second-order valence-corrected chi connectivity index (χ2v) is 5.05. The number of rotatable bonds is 5. The van der Waals surface area contributed by atoms with Gasteiger partial charge in [-0.3, -0.25) is 9.59 Å². The average molecular weight is 224 g/mol. The Balaban J connectivity index is 1.72. The summed E-state index contributed by atoms with van der Waals surface area (Å²) < 4.78 is 0. The normalized spacial score (nSPS) is 29.4. The van der Waals surface area contributed by atoms with Crippen LogP contribution in [0.15, 0.2) is 0 Å². The minimum atomic E-state index is -0.0762. The molecule has 2 aliphatic rings. The fraction of sp³-hybridized carbons (Fsp3) is 0.833. The summed E-state index contributed by atoms with van der Waals surface area (Å²) in [5.41, 5.74) is 0. The van der Waals surface area contributed by atoms with E-state index < -0.39 is 0 Å². The van der Waals surface area contributed by atoms with E-state index in [4.69, 9.17) is 0 Å². The van der Waals surface area contributed by atoms with Crippen LogP contribution in [0.4, 0.5) is 0 Å². The summed E-state index contributed by atoms with van der Waals surface area (Å²) >= 11 is 0. The Labute approximate surface area is 96.2 Å². The van der Waals surface area contributed by atoms with Crippen molar-refractivity contribution >= 4 is 11.8 Å². The van der Waals surface area contributed by atoms with Crippen LogP contribution in [-0.4, -0.2) is 23.9 Å². The molecule has 90 valence electrons.